The Hall–Kier alpha value is -1.62. The first-order valence-electron chi connectivity index (χ1n) is 7.10. The molecule has 21 heavy (non-hydrogen) atoms. The summed E-state index contributed by atoms with van der Waals surface area (Å²) >= 11 is 0. The van der Waals surface area contributed by atoms with Gasteiger partial charge in [-0.1, -0.05) is 24.6 Å². The molecule has 1 aromatic rings. The van der Waals surface area contributed by atoms with Gasteiger partial charge in [-0.25, -0.2) is 8.42 Å². The number of hydrogen-bond donors (Lipinski definition) is 1. The molecule has 4 nitrogen and oxygen atoms in total. The SMILES string of the molecule is C=CCCCCCS(=O)(=O)c1ccc(CCC(=O)O)cc1. The summed E-state index contributed by atoms with van der Waals surface area (Å²) in [6.07, 6.45) is 5.71. The Kier molecular flexibility index (Phi) is 7.15. The molecule has 0 saturated heterocycles. The maximum atomic E-state index is 12.1. The summed E-state index contributed by atoms with van der Waals surface area (Å²) in [5.74, 6) is -0.704. The van der Waals surface area contributed by atoms with E-state index in [1.165, 1.54) is 0 Å². The first kappa shape index (κ1) is 17.4. The lowest BCUT2D eigenvalue weighted by Gasteiger charge is -2.05. The lowest BCUT2D eigenvalue weighted by atomic mass is 10.1. The zero-order valence-corrected chi connectivity index (χ0v) is 12.9. The highest BCUT2D eigenvalue weighted by Gasteiger charge is 2.13. The van der Waals surface area contributed by atoms with E-state index in [-0.39, 0.29) is 12.2 Å². The highest BCUT2D eigenvalue weighted by atomic mass is 32.2. The largest absolute Gasteiger partial charge is 0.481 e. The van der Waals surface area contributed by atoms with Crippen LogP contribution in [0.4, 0.5) is 0 Å². The van der Waals surface area contributed by atoms with Crippen LogP contribution in [-0.2, 0) is 21.1 Å². The number of hydrogen-bond acceptors (Lipinski definition) is 3. The highest BCUT2D eigenvalue weighted by Crippen LogP contribution is 2.15. The molecule has 0 fully saturated rings. The van der Waals surface area contributed by atoms with Crippen LogP contribution in [0.5, 0.6) is 0 Å². The smallest absolute Gasteiger partial charge is 0.303 e. The molecule has 0 aliphatic carbocycles. The fourth-order valence-electron chi connectivity index (χ4n) is 1.99. The van der Waals surface area contributed by atoms with Gasteiger partial charge in [0, 0.05) is 6.42 Å². The van der Waals surface area contributed by atoms with Crippen LogP contribution in [0.15, 0.2) is 41.8 Å². The zero-order valence-electron chi connectivity index (χ0n) is 12.1. The molecule has 1 aromatic carbocycles. The number of benzene rings is 1. The number of rotatable bonds is 10. The number of unbranched alkanes of at least 4 members (excludes halogenated alkanes) is 3. The van der Waals surface area contributed by atoms with Crippen LogP contribution in [-0.4, -0.2) is 25.2 Å². The van der Waals surface area contributed by atoms with Crippen LogP contribution in [0.3, 0.4) is 0 Å². The van der Waals surface area contributed by atoms with Gasteiger partial charge in [-0.15, -0.1) is 6.58 Å². The van der Waals surface area contributed by atoms with Gasteiger partial charge in [-0.3, -0.25) is 4.79 Å². The Labute approximate surface area is 126 Å². The van der Waals surface area contributed by atoms with Gasteiger partial charge in [0.05, 0.1) is 10.6 Å². The summed E-state index contributed by atoms with van der Waals surface area (Å²) in [4.78, 5) is 10.8. The molecular weight excluding hydrogens is 288 g/mol. The van der Waals surface area contributed by atoms with Gasteiger partial charge in [-0.2, -0.15) is 0 Å². The standard InChI is InChI=1S/C16H22O4S/c1-2-3-4-5-6-13-21(19,20)15-10-7-14(8-11-15)9-12-16(17)18/h2,7-8,10-11H,1,3-6,9,12-13H2,(H,17,18). The average Bonchev–Trinajstić information content (AvgIpc) is 2.45. The normalized spacial score (nSPS) is 11.2. The number of carbonyl (C=O) groups is 1. The van der Waals surface area contributed by atoms with Crippen LogP contribution in [0.25, 0.3) is 0 Å². The van der Waals surface area contributed by atoms with E-state index in [1.54, 1.807) is 24.3 Å². The minimum absolute atomic E-state index is 0.0510. The number of carboxylic acid groups (broad SMARTS) is 1. The van der Waals surface area contributed by atoms with Crippen LogP contribution in [0, 0.1) is 0 Å². The van der Waals surface area contributed by atoms with Crippen LogP contribution >= 0.6 is 0 Å². The Morgan fingerprint density at radius 2 is 1.81 bits per heavy atom. The van der Waals surface area contributed by atoms with E-state index in [0.717, 1.165) is 24.8 Å². The van der Waals surface area contributed by atoms with Crippen molar-refractivity contribution in [3.8, 4) is 0 Å². The van der Waals surface area contributed by atoms with Gasteiger partial charge in [-0.05, 0) is 43.4 Å². The van der Waals surface area contributed by atoms with E-state index in [9.17, 15) is 13.2 Å². The molecule has 0 aliphatic rings. The molecule has 1 rings (SSSR count). The van der Waals surface area contributed by atoms with Gasteiger partial charge >= 0.3 is 5.97 Å². The molecule has 0 heterocycles. The first-order valence-corrected chi connectivity index (χ1v) is 8.75. The Morgan fingerprint density at radius 1 is 1.14 bits per heavy atom. The molecular formula is C16H22O4S. The second-order valence-electron chi connectivity index (χ2n) is 4.99. The number of allylic oxidation sites excluding steroid dienone is 1. The highest BCUT2D eigenvalue weighted by molar-refractivity contribution is 7.91. The van der Waals surface area contributed by atoms with E-state index in [2.05, 4.69) is 6.58 Å². The molecule has 116 valence electrons. The number of aryl methyl sites for hydroxylation is 1. The van der Waals surface area contributed by atoms with E-state index in [4.69, 9.17) is 5.11 Å². The average molecular weight is 310 g/mol. The minimum Gasteiger partial charge on any atom is -0.481 e. The summed E-state index contributed by atoms with van der Waals surface area (Å²) < 4.78 is 24.3. The molecule has 0 amide bonds. The first-order chi connectivity index (χ1) is 9.95. The molecule has 5 heteroatoms. The number of aliphatic carboxylic acids is 1. The maximum Gasteiger partial charge on any atom is 0.303 e. The third kappa shape index (κ3) is 6.58. The van der Waals surface area contributed by atoms with Crippen LogP contribution in [0.1, 0.15) is 37.7 Å². The summed E-state index contributed by atoms with van der Waals surface area (Å²) in [5, 5.41) is 8.62. The molecule has 1 N–H and O–H groups in total. The van der Waals surface area contributed by atoms with Crippen LogP contribution in [0.2, 0.25) is 0 Å². The van der Waals surface area contributed by atoms with Crippen molar-refractivity contribution in [2.45, 2.75) is 43.4 Å². The van der Waals surface area contributed by atoms with Gasteiger partial charge < -0.3 is 5.11 Å². The Morgan fingerprint density at radius 3 is 2.38 bits per heavy atom. The van der Waals surface area contributed by atoms with Crippen molar-refractivity contribution in [2.75, 3.05) is 5.75 Å². The second-order valence-corrected chi connectivity index (χ2v) is 7.10. The predicted molar refractivity (Wildman–Crippen MR) is 83.1 cm³/mol. The van der Waals surface area contributed by atoms with E-state index >= 15 is 0 Å². The fourth-order valence-corrected chi connectivity index (χ4v) is 3.36. The molecule has 0 radical (unpaired) electrons. The number of carboxylic acids is 1. The molecule has 0 unspecified atom stereocenters. The maximum absolute atomic E-state index is 12.1. The second kappa shape index (κ2) is 8.62. The lowest BCUT2D eigenvalue weighted by Crippen LogP contribution is -2.07. The molecule has 0 atom stereocenters. The van der Waals surface area contributed by atoms with Crippen molar-refractivity contribution in [2.24, 2.45) is 0 Å². The molecule has 0 aromatic heterocycles. The van der Waals surface area contributed by atoms with Gasteiger partial charge in [0.15, 0.2) is 9.84 Å². The summed E-state index contributed by atoms with van der Waals surface area (Å²) in [7, 11) is -3.24. The van der Waals surface area contributed by atoms with Gasteiger partial charge in [0.25, 0.3) is 0 Å². The lowest BCUT2D eigenvalue weighted by molar-refractivity contribution is -0.136. The summed E-state index contributed by atoms with van der Waals surface area (Å²) in [5.41, 5.74) is 0.835. The van der Waals surface area contributed by atoms with Crippen molar-refractivity contribution in [3.63, 3.8) is 0 Å². The Balaban J connectivity index is 2.54. The summed E-state index contributed by atoms with van der Waals surface area (Å²) in [6.45, 7) is 3.63. The van der Waals surface area contributed by atoms with E-state index < -0.39 is 15.8 Å². The molecule has 0 spiro atoms. The molecule has 0 aliphatic heterocycles. The van der Waals surface area contributed by atoms with Crippen molar-refractivity contribution in [3.05, 3.63) is 42.5 Å². The van der Waals surface area contributed by atoms with Gasteiger partial charge in [0.2, 0.25) is 0 Å². The molecule has 0 saturated carbocycles. The predicted octanol–water partition coefficient (Wildman–Crippen LogP) is 3.22. The fraction of sp³-hybridized carbons (Fsp3) is 0.438. The van der Waals surface area contributed by atoms with Crippen molar-refractivity contribution in [1.29, 1.82) is 0 Å². The molecule has 0 bridgehead atoms. The third-order valence-corrected chi connectivity index (χ3v) is 5.05. The van der Waals surface area contributed by atoms with Crippen LogP contribution < -0.4 is 0 Å². The van der Waals surface area contributed by atoms with E-state index in [1.807, 2.05) is 6.08 Å². The van der Waals surface area contributed by atoms with Crippen molar-refractivity contribution in [1.82, 2.24) is 0 Å². The minimum atomic E-state index is -3.24. The monoisotopic (exact) mass is 310 g/mol. The topological polar surface area (TPSA) is 71.4 Å². The third-order valence-electron chi connectivity index (χ3n) is 3.23. The summed E-state index contributed by atoms with van der Waals surface area (Å²) in [6, 6.07) is 6.51. The van der Waals surface area contributed by atoms with Gasteiger partial charge in [0.1, 0.15) is 0 Å². The Bertz CT molecular complexity index is 558. The van der Waals surface area contributed by atoms with Crippen molar-refractivity contribution < 1.29 is 18.3 Å². The van der Waals surface area contributed by atoms with Crippen molar-refractivity contribution >= 4 is 15.8 Å². The quantitative estimate of drug-likeness (QED) is 0.532. The van der Waals surface area contributed by atoms with E-state index in [0.29, 0.717) is 17.7 Å². The number of sulfone groups is 1. The zero-order chi connectivity index (χ0) is 15.7.